The molecule has 6 nitrogen and oxygen atoms in total. The highest BCUT2D eigenvalue weighted by molar-refractivity contribution is 14.1. The first-order valence-corrected chi connectivity index (χ1v) is 14.5. The first-order chi connectivity index (χ1) is 18.9. The average molecular weight is 696 g/mol. The van der Waals surface area contributed by atoms with Gasteiger partial charge in [-0.2, -0.15) is 9.78 Å². The Morgan fingerprint density at radius 2 is 1.87 bits per heavy atom. The van der Waals surface area contributed by atoms with Crippen molar-refractivity contribution in [2.24, 2.45) is 5.10 Å². The molecule has 1 atom stereocenters. The molecule has 198 valence electrons. The molecule has 0 fully saturated rings. The smallest absolute Gasteiger partial charge is 0.282 e. The summed E-state index contributed by atoms with van der Waals surface area (Å²) in [6.07, 6.45) is 2.50. The van der Waals surface area contributed by atoms with E-state index >= 15 is 0 Å². The lowest BCUT2D eigenvalue weighted by molar-refractivity contribution is 0.283. The van der Waals surface area contributed by atoms with Crippen LogP contribution in [0.1, 0.15) is 43.1 Å². The van der Waals surface area contributed by atoms with Gasteiger partial charge in [0.25, 0.3) is 5.56 Å². The standard InChI is InChI=1S/C31H27BrIN3O3/c1-4-19(2)30-35-27-13-12-23(32)16-25(27)31(37)36(30)34-17-20-14-26(33)29(28(15-20)38-3)39-18-22-10-7-9-21-8-5-6-11-24(21)22/h5-17,19H,4,18H2,1-3H3/t19-/m0/s1. The Bertz CT molecular complexity index is 1760. The zero-order valence-corrected chi connectivity index (χ0v) is 25.6. The fourth-order valence-electron chi connectivity index (χ4n) is 4.43. The van der Waals surface area contributed by atoms with E-state index in [2.05, 4.69) is 74.8 Å². The molecule has 39 heavy (non-hydrogen) atoms. The van der Waals surface area contributed by atoms with Crippen LogP contribution in [0, 0.1) is 3.57 Å². The summed E-state index contributed by atoms with van der Waals surface area (Å²) in [5.74, 6) is 1.95. The van der Waals surface area contributed by atoms with Crippen molar-refractivity contribution in [2.75, 3.05) is 7.11 Å². The van der Waals surface area contributed by atoms with Crippen molar-refractivity contribution < 1.29 is 9.47 Å². The first kappa shape index (κ1) is 27.3. The topological polar surface area (TPSA) is 65.7 Å². The minimum atomic E-state index is -0.204. The number of halogens is 2. The molecule has 0 radical (unpaired) electrons. The predicted octanol–water partition coefficient (Wildman–Crippen LogP) is 7.90. The summed E-state index contributed by atoms with van der Waals surface area (Å²) in [6, 6.07) is 23.8. The van der Waals surface area contributed by atoms with E-state index in [4.69, 9.17) is 14.5 Å². The van der Waals surface area contributed by atoms with Crippen LogP contribution >= 0.6 is 38.5 Å². The molecule has 0 saturated carbocycles. The second kappa shape index (κ2) is 11.9. The van der Waals surface area contributed by atoms with Crippen LogP contribution in [-0.4, -0.2) is 23.0 Å². The van der Waals surface area contributed by atoms with Crippen LogP contribution in [0.3, 0.4) is 0 Å². The molecule has 8 heteroatoms. The number of fused-ring (bicyclic) bond motifs is 2. The van der Waals surface area contributed by atoms with Crippen LogP contribution in [0.2, 0.25) is 0 Å². The normalized spacial score (nSPS) is 12.3. The van der Waals surface area contributed by atoms with Gasteiger partial charge >= 0.3 is 0 Å². The summed E-state index contributed by atoms with van der Waals surface area (Å²) in [5, 5.41) is 7.45. The van der Waals surface area contributed by atoms with Crippen molar-refractivity contribution in [1.29, 1.82) is 0 Å². The summed E-state index contributed by atoms with van der Waals surface area (Å²) in [4.78, 5) is 18.2. The summed E-state index contributed by atoms with van der Waals surface area (Å²) in [5.41, 5.74) is 2.34. The summed E-state index contributed by atoms with van der Waals surface area (Å²) in [6.45, 7) is 4.53. The Kier molecular flexibility index (Phi) is 8.32. The Balaban J connectivity index is 1.48. The molecule has 1 heterocycles. The largest absolute Gasteiger partial charge is 0.493 e. The van der Waals surface area contributed by atoms with E-state index in [1.165, 1.54) is 10.1 Å². The zero-order valence-electron chi connectivity index (χ0n) is 21.8. The number of rotatable bonds is 8. The molecule has 1 aromatic heterocycles. The van der Waals surface area contributed by atoms with Crippen LogP contribution in [0.25, 0.3) is 21.7 Å². The van der Waals surface area contributed by atoms with E-state index in [0.717, 1.165) is 31.0 Å². The molecule has 0 aliphatic carbocycles. The van der Waals surface area contributed by atoms with Gasteiger partial charge in [-0.15, -0.1) is 0 Å². The van der Waals surface area contributed by atoms with Gasteiger partial charge in [-0.05, 0) is 81.2 Å². The lowest BCUT2D eigenvalue weighted by Gasteiger charge is -2.15. The van der Waals surface area contributed by atoms with E-state index in [1.54, 1.807) is 19.4 Å². The number of methoxy groups -OCH3 is 1. The van der Waals surface area contributed by atoms with E-state index in [1.807, 2.05) is 49.4 Å². The average Bonchev–Trinajstić information content (AvgIpc) is 2.95. The number of aromatic nitrogens is 2. The lowest BCUT2D eigenvalue weighted by atomic mass is 10.1. The van der Waals surface area contributed by atoms with Gasteiger partial charge in [0.1, 0.15) is 12.4 Å². The highest BCUT2D eigenvalue weighted by atomic mass is 127. The Morgan fingerprint density at radius 1 is 1.08 bits per heavy atom. The Hall–Kier alpha value is -3.24. The quantitative estimate of drug-likeness (QED) is 0.122. The third-order valence-corrected chi connectivity index (χ3v) is 8.01. The second-order valence-corrected chi connectivity index (χ2v) is 11.3. The molecule has 4 aromatic carbocycles. The second-order valence-electron chi connectivity index (χ2n) is 9.26. The van der Waals surface area contributed by atoms with Crippen molar-refractivity contribution in [1.82, 2.24) is 9.66 Å². The summed E-state index contributed by atoms with van der Waals surface area (Å²) >= 11 is 5.70. The maximum absolute atomic E-state index is 13.4. The van der Waals surface area contributed by atoms with Crippen LogP contribution < -0.4 is 15.0 Å². The van der Waals surface area contributed by atoms with Crippen molar-refractivity contribution >= 4 is 66.4 Å². The lowest BCUT2D eigenvalue weighted by Crippen LogP contribution is -2.23. The van der Waals surface area contributed by atoms with Gasteiger partial charge in [0, 0.05) is 10.4 Å². The monoisotopic (exact) mass is 695 g/mol. The van der Waals surface area contributed by atoms with Crippen molar-refractivity contribution in [3.8, 4) is 11.5 Å². The number of benzene rings is 4. The molecule has 0 aliphatic heterocycles. The minimum absolute atomic E-state index is 0.0578. The van der Waals surface area contributed by atoms with Gasteiger partial charge in [-0.3, -0.25) is 4.79 Å². The van der Waals surface area contributed by atoms with E-state index in [0.29, 0.717) is 34.8 Å². The molecular weight excluding hydrogens is 669 g/mol. The highest BCUT2D eigenvalue weighted by Crippen LogP contribution is 2.35. The molecular formula is C31H27BrIN3O3. The maximum Gasteiger partial charge on any atom is 0.282 e. The minimum Gasteiger partial charge on any atom is -0.493 e. The summed E-state index contributed by atoms with van der Waals surface area (Å²) < 4.78 is 15.1. The van der Waals surface area contributed by atoms with Gasteiger partial charge < -0.3 is 9.47 Å². The Morgan fingerprint density at radius 3 is 2.67 bits per heavy atom. The van der Waals surface area contributed by atoms with Gasteiger partial charge in [0.15, 0.2) is 11.5 Å². The molecule has 0 N–H and O–H groups in total. The van der Waals surface area contributed by atoms with Crippen LogP contribution in [-0.2, 0) is 6.61 Å². The van der Waals surface area contributed by atoms with Gasteiger partial charge in [0.2, 0.25) is 0 Å². The van der Waals surface area contributed by atoms with Crippen molar-refractivity contribution in [3.63, 3.8) is 0 Å². The van der Waals surface area contributed by atoms with Crippen molar-refractivity contribution in [2.45, 2.75) is 32.8 Å². The van der Waals surface area contributed by atoms with Crippen LogP contribution in [0.15, 0.2) is 87.2 Å². The molecule has 0 spiro atoms. The number of hydrogen-bond donors (Lipinski definition) is 0. The van der Waals surface area contributed by atoms with Gasteiger partial charge in [-0.25, -0.2) is 4.98 Å². The molecule has 0 bridgehead atoms. The molecule has 0 unspecified atom stereocenters. The molecule has 0 aliphatic rings. The first-order valence-electron chi connectivity index (χ1n) is 12.6. The van der Waals surface area contributed by atoms with Crippen molar-refractivity contribution in [3.05, 3.63) is 108 Å². The number of nitrogens with zero attached hydrogens (tertiary/aromatic N) is 3. The number of hydrogen-bond acceptors (Lipinski definition) is 5. The third-order valence-electron chi connectivity index (χ3n) is 6.71. The van der Waals surface area contributed by atoms with Crippen LogP contribution in [0.4, 0.5) is 0 Å². The third kappa shape index (κ3) is 5.72. The predicted molar refractivity (Wildman–Crippen MR) is 169 cm³/mol. The van der Waals surface area contributed by atoms with Crippen LogP contribution in [0.5, 0.6) is 11.5 Å². The highest BCUT2D eigenvalue weighted by Gasteiger charge is 2.16. The number of ether oxygens (including phenoxy) is 2. The summed E-state index contributed by atoms with van der Waals surface area (Å²) in [7, 11) is 1.62. The molecule has 0 amide bonds. The van der Waals surface area contributed by atoms with E-state index < -0.39 is 0 Å². The molecule has 5 rings (SSSR count). The van der Waals surface area contributed by atoms with E-state index in [-0.39, 0.29) is 11.5 Å². The van der Waals surface area contributed by atoms with Gasteiger partial charge in [-0.1, -0.05) is 72.2 Å². The molecule has 0 saturated heterocycles. The molecule has 5 aromatic rings. The zero-order chi connectivity index (χ0) is 27.5. The maximum atomic E-state index is 13.4. The Labute approximate surface area is 248 Å². The van der Waals surface area contributed by atoms with E-state index in [9.17, 15) is 4.79 Å². The SMILES string of the molecule is CC[C@H](C)c1nc2ccc(Br)cc2c(=O)n1N=Cc1cc(I)c(OCc2cccc3ccccc23)c(OC)c1. The fourth-order valence-corrected chi connectivity index (χ4v) is 5.57. The van der Waals surface area contributed by atoms with Gasteiger partial charge in [0.05, 0.1) is 27.8 Å². The fraction of sp³-hybridized carbons (Fsp3) is 0.194.